The second-order valence-corrected chi connectivity index (χ2v) is 5.56. The Morgan fingerprint density at radius 2 is 2.00 bits per heavy atom. The van der Waals surface area contributed by atoms with Crippen molar-refractivity contribution in [2.75, 3.05) is 20.2 Å². The lowest BCUT2D eigenvalue weighted by molar-refractivity contribution is -0.127. The molecule has 6 nitrogen and oxygen atoms in total. The van der Waals surface area contributed by atoms with Crippen LogP contribution in [0.15, 0.2) is 18.2 Å². The highest BCUT2D eigenvalue weighted by Crippen LogP contribution is 2.17. The van der Waals surface area contributed by atoms with E-state index in [1.807, 2.05) is 13.8 Å². The van der Waals surface area contributed by atoms with E-state index in [1.54, 1.807) is 12.1 Å². The van der Waals surface area contributed by atoms with Crippen molar-refractivity contribution >= 4 is 11.8 Å². The van der Waals surface area contributed by atoms with Crippen LogP contribution in [-0.4, -0.2) is 38.1 Å². The van der Waals surface area contributed by atoms with E-state index in [9.17, 15) is 14.0 Å². The lowest BCUT2D eigenvalue weighted by atomic mass is 10.1. The number of nitrogens with two attached hydrogens (primary N) is 1. The number of amides is 2. The summed E-state index contributed by atoms with van der Waals surface area (Å²) in [5, 5.41) is 5.14. The topological polar surface area (TPSA) is 93.5 Å². The Bertz CT molecular complexity index is 549. The highest BCUT2D eigenvalue weighted by Gasteiger charge is 2.17. The molecule has 0 heterocycles. The zero-order chi connectivity index (χ0) is 17.4. The van der Waals surface area contributed by atoms with Crippen molar-refractivity contribution in [3.8, 4) is 5.75 Å². The number of nitrogens with one attached hydrogen (secondary N) is 2. The second kappa shape index (κ2) is 9.09. The minimum absolute atomic E-state index is 0.00281. The Hall–Kier alpha value is -2.15. The molecule has 0 aromatic heterocycles. The van der Waals surface area contributed by atoms with Gasteiger partial charge < -0.3 is 21.1 Å². The molecule has 0 spiro atoms. The molecule has 128 valence electrons. The summed E-state index contributed by atoms with van der Waals surface area (Å²) in [4.78, 5) is 23.2. The van der Waals surface area contributed by atoms with Crippen LogP contribution in [0.1, 0.15) is 19.4 Å². The molecule has 0 radical (unpaired) electrons. The molecule has 0 saturated carbocycles. The van der Waals surface area contributed by atoms with Crippen LogP contribution in [0.3, 0.4) is 0 Å². The van der Waals surface area contributed by atoms with Gasteiger partial charge in [-0.1, -0.05) is 19.9 Å². The lowest BCUT2D eigenvalue weighted by Gasteiger charge is -2.15. The zero-order valence-corrected chi connectivity index (χ0v) is 13.7. The minimum atomic E-state index is -0.634. The Labute approximate surface area is 135 Å². The SMILES string of the molecule is COc1ccc(CCNC(=O)CNC(=O)[C@@H](N)C(C)C)cc1F. The Morgan fingerprint density at radius 3 is 2.57 bits per heavy atom. The maximum atomic E-state index is 13.5. The third-order valence-corrected chi connectivity index (χ3v) is 3.40. The molecule has 0 aliphatic carbocycles. The smallest absolute Gasteiger partial charge is 0.239 e. The van der Waals surface area contributed by atoms with Gasteiger partial charge in [0.05, 0.1) is 19.7 Å². The summed E-state index contributed by atoms with van der Waals surface area (Å²) in [5.41, 5.74) is 6.42. The molecule has 0 bridgehead atoms. The van der Waals surface area contributed by atoms with E-state index in [0.29, 0.717) is 13.0 Å². The van der Waals surface area contributed by atoms with Crippen molar-refractivity contribution in [3.63, 3.8) is 0 Å². The van der Waals surface area contributed by atoms with E-state index in [0.717, 1.165) is 5.56 Å². The summed E-state index contributed by atoms with van der Waals surface area (Å²) < 4.78 is 18.4. The van der Waals surface area contributed by atoms with Crippen LogP contribution < -0.4 is 21.1 Å². The van der Waals surface area contributed by atoms with Gasteiger partial charge in [0.15, 0.2) is 11.6 Å². The van der Waals surface area contributed by atoms with Crippen molar-refractivity contribution in [2.45, 2.75) is 26.3 Å². The molecule has 0 saturated heterocycles. The molecule has 0 fully saturated rings. The molecule has 2 amide bonds. The van der Waals surface area contributed by atoms with Gasteiger partial charge in [0.2, 0.25) is 11.8 Å². The van der Waals surface area contributed by atoms with Crippen molar-refractivity contribution in [3.05, 3.63) is 29.6 Å². The summed E-state index contributed by atoms with van der Waals surface area (Å²) in [5.74, 6) is -0.924. The van der Waals surface area contributed by atoms with E-state index in [1.165, 1.54) is 13.2 Å². The van der Waals surface area contributed by atoms with Gasteiger partial charge in [0.25, 0.3) is 0 Å². The number of methoxy groups -OCH3 is 1. The van der Waals surface area contributed by atoms with Gasteiger partial charge in [-0.15, -0.1) is 0 Å². The summed E-state index contributed by atoms with van der Waals surface area (Å²) in [6.45, 7) is 3.88. The summed E-state index contributed by atoms with van der Waals surface area (Å²) in [7, 11) is 1.40. The predicted octanol–water partition coefficient (Wildman–Crippen LogP) is 0.593. The monoisotopic (exact) mass is 325 g/mol. The first kappa shape index (κ1) is 18.9. The molecule has 1 aromatic rings. The summed E-state index contributed by atoms with van der Waals surface area (Å²) in [6, 6.07) is 4.01. The molecule has 0 aliphatic rings. The molecule has 1 atom stereocenters. The average molecular weight is 325 g/mol. The van der Waals surface area contributed by atoms with Gasteiger partial charge in [-0.25, -0.2) is 4.39 Å². The van der Waals surface area contributed by atoms with Crippen LogP contribution in [0.4, 0.5) is 4.39 Å². The zero-order valence-electron chi connectivity index (χ0n) is 13.7. The third-order valence-electron chi connectivity index (χ3n) is 3.40. The number of ether oxygens (including phenoxy) is 1. The van der Waals surface area contributed by atoms with E-state index < -0.39 is 11.9 Å². The van der Waals surface area contributed by atoms with E-state index in [-0.39, 0.29) is 30.0 Å². The number of hydrogen-bond donors (Lipinski definition) is 3. The molecule has 7 heteroatoms. The van der Waals surface area contributed by atoms with Gasteiger partial charge >= 0.3 is 0 Å². The first-order valence-electron chi connectivity index (χ1n) is 7.47. The largest absolute Gasteiger partial charge is 0.494 e. The quantitative estimate of drug-likeness (QED) is 0.652. The lowest BCUT2D eigenvalue weighted by Crippen LogP contribution is -2.47. The fraction of sp³-hybridized carbons (Fsp3) is 0.500. The van der Waals surface area contributed by atoms with Crippen molar-refractivity contribution in [1.29, 1.82) is 0 Å². The van der Waals surface area contributed by atoms with Gasteiger partial charge in [0.1, 0.15) is 0 Å². The van der Waals surface area contributed by atoms with Crippen LogP contribution in [-0.2, 0) is 16.0 Å². The Morgan fingerprint density at radius 1 is 1.30 bits per heavy atom. The molecule has 0 aliphatic heterocycles. The number of halogens is 1. The van der Waals surface area contributed by atoms with Gasteiger partial charge in [0, 0.05) is 6.54 Å². The molecular weight excluding hydrogens is 301 g/mol. The van der Waals surface area contributed by atoms with Crippen molar-refractivity contribution in [2.24, 2.45) is 11.7 Å². The second-order valence-electron chi connectivity index (χ2n) is 5.56. The number of carbonyl (C=O) groups is 2. The number of benzene rings is 1. The predicted molar refractivity (Wildman–Crippen MR) is 85.5 cm³/mol. The fourth-order valence-electron chi connectivity index (χ4n) is 1.86. The normalized spacial score (nSPS) is 11.9. The molecular formula is C16H24FN3O3. The Balaban J connectivity index is 2.31. The number of carbonyl (C=O) groups excluding carboxylic acids is 2. The van der Waals surface area contributed by atoms with E-state index >= 15 is 0 Å². The van der Waals surface area contributed by atoms with E-state index in [2.05, 4.69) is 10.6 Å². The van der Waals surface area contributed by atoms with Gasteiger partial charge in [-0.05, 0) is 30.0 Å². The fourth-order valence-corrected chi connectivity index (χ4v) is 1.86. The maximum Gasteiger partial charge on any atom is 0.239 e. The van der Waals surface area contributed by atoms with E-state index in [4.69, 9.17) is 10.5 Å². The third kappa shape index (κ3) is 6.23. The van der Waals surface area contributed by atoms with Gasteiger partial charge in [-0.2, -0.15) is 0 Å². The first-order valence-corrected chi connectivity index (χ1v) is 7.47. The van der Waals surface area contributed by atoms with Gasteiger partial charge in [-0.3, -0.25) is 9.59 Å². The summed E-state index contributed by atoms with van der Waals surface area (Å²) >= 11 is 0. The number of rotatable bonds is 8. The molecule has 1 aromatic carbocycles. The van der Waals surface area contributed by atoms with Crippen LogP contribution >= 0.6 is 0 Å². The molecule has 23 heavy (non-hydrogen) atoms. The van der Waals surface area contributed by atoms with Crippen LogP contribution in [0, 0.1) is 11.7 Å². The maximum absolute atomic E-state index is 13.5. The molecule has 1 rings (SSSR count). The summed E-state index contributed by atoms with van der Waals surface area (Å²) in [6.07, 6.45) is 0.478. The van der Waals surface area contributed by atoms with Crippen LogP contribution in [0.5, 0.6) is 5.75 Å². The minimum Gasteiger partial charge on any atom is -0.494 e. The first-order chi connectivity index (χ1) is 10.8. The number of hydrogen-bond acceptors (Lipinski definition) is 4. The Kier molecular flexibility index (Phi) is 7.47. The highest BCUT2D eigenvalue weighted by molar-refractivity contribution is 5.87. The highest BCUT2D eigenvalue weighted by atomic mass is 19.1. The molecule has 0 unspecified atom stereocenters. The molecule has 4 N–H and O–H groups in total. The van der Waals surface area contributed by atoms with Crippen LogP contribution in [0.25, 0.3) is 0 Å². The average Bonchev–Trinajstić information content (AvgIpc) is 2.51. The van der Waals surface area contributed by atoms with Crippen LogP contribution in [0.2, 0.25) is 0 Å². The van der Waals surface area contributed by atoms with Crippen molar-refractivity contribution in [1.82, 2.24) is 10.6 Å². The van der Waals surface area contributed by atoms with Crippen molar-refractivity contribution < 1.29 is 18.7 Å². The standard InChI is InChI=1S/C16H24FN3O3/c1-10(2)15(18)16(22)20-9-14(21)19-7-6-11-4-5-13(23-3)12(17)8-11/h4-5,8,10,15H,6-7,9,18H2,1-3H3,(H,19,21)(H,20,22)/t15-/m0/s1.